The lowest BCUT2D eigenvalue weighted by molar-refractivity contribution is -0.132. The van der Waals surface area contributed by atoms with E-state index >= 15 is 0 Å². The standard InChI is InChI=1S/C25H38N8O2S/c1-18(2)33(19(3)4)12-6-5-7-30-23(34)13-20-15-31-24(36-20)14-25(35)32(16-21-26-8-9-27-21)17-22-28-10-11-29-22/h8-11,15,18-19H,5-7,12-14,16-17H2,1-4H3,(H,26,27)(H,28,29)(H,30,34). The van der Waals surface area contributed by atoms with Crippen molar-refractivity contribution in [2.45, 2.75) is 78.6 Å². The normalized spacial score (nSPS) is 11.5. The molecule has 3 rings (SSSR count). The maximum atomic E-state index is 13.1. The van der Waals surface area contributed by atoms with E-state index in [1.807, 2.05) is 0 Å². The summed E-state index contributed by atoms with van der Waals surface area (Å²) in [5.74, 6) is 1.31. The molecule has 0 saturated carbocycles. The van der Waals surface area contributed by atoms with Crippen molar-refractivity contribution < 1.29 is 9.59 Å². The molecule has 0 radical (unpaired) electrons. The van der Waals surface area contributed by atoms with Crippen LogP contribution < -0.4 is 5.32 Å². The molecule has 10 nitrogen and oxygen atoms in total. The molecule has 11 heteroatoms. The lowest BCUT2D eigenvalue weighted by atomic mass is 10.2. The van der Waals surface area contributed by atoms with Crippen LogP contribution in [0.3, 0.4) is 0 Å². The molecule has 0 atom stereocenters. The van der Waals surface area contributed by atoms with Gasteiger partial charge in [-0.1, -0.05) is 0 Å². The lowest BCUT2D eigenvalue weighted by Gasteiger charge is -2.30. The van der Waals surface area contributed by atoms with E-state index < -0.39 is 0 Å². The number of hydrogen-bond acceptors (Lipinski definition) is 7. The molecule has 0 bridgehead atoms. The van der Waals surface area contributed by atoms with E-state index in [1.165, 1.54) is 11.3 Å². The highest BCUT2D eigenvalue weighted by atomic mass is 32.1. The Hall–Kier alpha value is -3.05. The summed E-state index contributed by atoms with van der Waals surface area (Å²) < 4.78 is 0. The summed E-state index contributed by atoms with van der Waals surface area (Å²) in [6.07, 6.45) is 10.9. The third kappa shape index (κ3) is 8.87. The highest BCUT2D eigenvalue weighted by molar-refractivity contribution is 7.11. The number of carbonyl (C=O) groups is 2. The Kier molecular flexibility index (Phi) is 10.6. The highest BCUT2D eigenvalue weighted by Crippen LogP contribution is 2.16. The molecule has 3 heterocycles. The van der Waals surface area contributed by atoms with Crippen LogP contribution in [0.4, 0.5) is 0 Å². The van der Waals surface area contributed by atoms with Gasteiger partial charge in [-0.3, -0.25) is 14.5 Å². The van der Waals surface area contributed by atoms with E-state index in [4.69, 9.17) is 0 Å². The number of amides is 2. The predicted octanol–water partition coefficient (Wildman–Crippen LogP) is 2.92. The minimum Gasteiger partial charge on any atom is -0.356 e. The molecule has 0 saturated heterocycles. The average Bonchev–Trinajstić information content (AvgIpc) is 3.59. The van der Waals surface area contributed by atoms with Crippen molar-refractivity contribution in [3.8, 4) is 0 Å². The number of unbranched alkanes of at least 4 members (excludes halogenated alkanes) is 1. The Morgan fingerprint density at radius 3 is 2.14 bits per heavy atom. The molecular formula is C25H38N8O2S. The SMILES string of the molecule is CC(C)N(CCCCNC(=O)Cc1cnc(CC(=O)N(Cc2ncc[nH]2)Cc2ncc[nH]2)s1)C(C)C. The molecule has 2 amide bonds. The molecule has 0 aliphatic rings. The predicted molar refractivity (Wildman–Crippen MR) is 140 cm³/mol. The fraction of sp³-hybridized carbons (Fsp3) is 0.560. The first-order chi connectivity index (χ1) is 17.3. The maximum Gasteiger partial charge on any atom is 0.230 e. The molecule has 0 fully saturated rings. The quantitative estimate of drug-likeness (QED) is 0.268. The first kappa shape index (κ1) is 27.5. The monoisotopic (exact) mass is 514 g/mol. The summed E-state index contributed by atoms with van der Waals surface area (Å²) in [5.41, 5.74) is 0. The number of rotatable bonds is 15. The van der Waals surface area contributed by atoms with Crippen LogP contribution in [0.25, 0.3) is 0 Å². The van der Waals surface area contributed by atoms with Gasteiger partial charge < -0.3 is 20.2 Å². The number of nitrogens with one attached hydrogen (secondary N) is 3. The van der Waals surface area contributed by atoms with Gasteiger partial charge in [-0.05, 0) is 47.1 Å². The van der Waals surface area contributed by atoms with Crippen LogP contribution in [0.15, 0.2) is 31.0 Å². The van der Waals surface area contributed by atoms with E-state index in [0.717, 1.165) is 24.3 Å². The Labute approximate surface area is 216 Å². The third-order valence-corrected chi connectivity index (χ3v) is 6.87. The Bertz CT molecular complexity index is 1000. The van der Waals surface area contributed by atoms with Crippen LogP contribution in [-0.4, -0.2) is 71.7 Å². The fourth-order valence-electron chi connectivity index (χ4n) is 4.10. The number of hydrogen-bond donors (Lipinski definition) is 3. The van der Waals surface area contributed by atoms with Crippen LogP contribution in [0, 0.1) is 0 Å². The van der Waals surface area contributed by atoms with Crippen LogP contribution >= 0.6 is 11.3 Å². The number of nitrogens with zero attached hydrogens (tertiary/aromatic N) is 5. The summed E-state index contributed by atoms with van der Waals surface area (Å²) in [6, 6.07) is 1.05. The zero-order valence-corrected chi connectivity index (χ0v) is 22.5. The van der Waals surface area contributed by atoms with Crippen molar-refractivity contribution in [3.05, 3.63) is 52.5 Å². The second-order valence-electron chi connectivity index (χ2n) is 9.38. The summed E-state index contributed by atoms with van der Waals surface area (Å²) in [5, 5.41) is 3.70. The van der Waals surface area contributed by atoms with Crippen LogP contribution in [0.1, 0.15) is 62.1 Å². The largest absolute Gasteiger partial charge is 0.356 e. The van der Waals surface area contributed by atoms with E-state index in [0.29, 0.717) is 48.4 Å². The van der Waals surface area contributed by atoms with E-state index in [9.17, 15) is 9.59 Å². The fourth-order valence-corrected chi connectivity index (χ4v) is 5.01. The zero-order valence-electron chi connectivity index (χ0n) is 21.7. The molecule has 0 unspecified atom stereocenters. The number of aromatic nitrogens is 5. The second-order valence-corrected chi connectivity index (χ2v) is 10.6. The molecular weight excluding hydrogens is 476 g/mol. The van der Waals surface area contributed by atoms with Crippen LogP contribution in [0.2, 0.25) is 0 Å². The van der Waals surface area contributed by atoms with Gasteiger partial charge >= 0.3 is 0 Å². The summed E-state index contributed by atoms with van der Waals surface area (Å²) in [4.78, 5) is 49.4. The van der Waals surface area contributed by atoms with Crippen LogP contribution in [-0.2, 0) is 35.5 Å². The van der Waals surface area contributed by atoms with Crippen molar-refractivity contribution >= 4 is 23.2 Å². The van der Waals surface area contributed by atoms with Crippen molar-refractivity contribution in [1.29, 1.82) is 0 Å². The Morgan fingerprint density at radius 2 is 1.58 bits per heavy atom. The molecule has 0 aliphatic carbocycles. The first-order valence-electron chi connectivity index (χ1n) is 12.5. The summed E-state index contributed by atoms with van der Waals surface area (Å²) >= 11 is 1.40. The maximum absolute atomic E-state index is 13.1. The summed E-state index contributed by atoms with van der Waals surface area (Å²) in [7, 11) is 0. The average molecular weight is 515 g/mol. The Morgan fingerprint density at radius 1 is 0.944 bits per heavy atom. The van der Waals surface area contributed by atoms with Gasteiger partial charge in [0.1, 0.15) is 16.7 Å². The molecule has 3 aromatic rings. The lowest BCUT2D eigenvalue weighted by Crippen LogP contribution is -2.38. The molecule has 0 spiro atoms. The number of carbonyl (C=O) groups excluding carboxylic acids is 2. The minimum atomic E-state index is -0.0787. The zero-order chi connectivity index (χ0) is 25.9. The number of thiazole rings is 1. The molecule has 36 heavy (non-hydrogen) atoms. The van der Waals surface area contributed by atoms with Crippen molar-refractivity contribution in [1.82, 2.24) is 40.0 Å². The number of H-pyrrole nitrogens is 2. The van der Waals surface area contributed by atoms with E-state index in [2.05, 4.69) is 62.8 Å². The number of aromatic amines is 2. The second kappa shape index (κ2) is 13.9. The smallest absolute Gasteiger partial charge is 0.230 e. The Balaban J connectivity index is 1.44. The van der Waals surface area contributed by atoms with Gasteiger partial charge in [-0.25, -0.2) is 15.0 Å². The van der Waals surface area contributed by atoms with E-state index in [-0.39, 0.29) is 24.7 Å². The van der Waals surface area contributed by atoms with Crippen LogP contribution in [0.5, 0.6) is 0 Å². The molecule has 0 aromatic carbocycles. The van der Waals surface area contributed by atoms with Gasteiger partial charge in [0.2, 0.25) is 11.8 Å². The molecule has 0 aliphatic heterocycles. The summed E-state index contributed by atoms with van der Waals surface area (Å²) in [6.45, 7) is 11.3. The van der Waals surface area contributed by atoms with Gasteiger partial charge in [-0.2, -0.15) is 0 Å². The van der Waals surface area contributed by atoms with Gasteiger partial charge in [-0.15, -0.1) is 11.3 Å². The van der Waals surface area contributed by atoms with Gasteiger partial charge in [0.15, 0.2) is 0 Å². The van der Waals surface area contributed by atoms with Crippen molar-refractivity contribution in [3.63, 3.8) is 0 Å². The highest BCUT2D eigenvalue weighted by Gasteiger charge is 2.19. The molecule has 3 aromatic heterocycles. The van der Waals surface area contributed by atoms with Crippen molar-refractivity contribution in [2.24, 2.45) is 0 Å². The van der Waals surface area contributed by atoms with E-state index in [1.54, 1.807) is 35.9 Å². The molecule has 196 valence electrons. The third-order valence-electron chi connectivity index (χ3n) is 5.87. The van der Waals surface area contributed by atoms with Crippen molar-refractivity contribution in [2.75, 3.05) is 13.1 Å². The molecule has 3 N–H and O–H groups in total. The minimum absolute atomic E-state index is 0.0154. The number of imidazole rings is 2. The topological polar surface area (TPSA) is 123 Å². The van der Waals surface area contributed by atoms with Gasteiger partial charge in [0.25, 0.3) is 0 Å². The first-order valence-corrected chi connectivity index (χ1v) is 13.3. The van der Waals surface area contributed by atoms with Gasteiger partial charge in [0.05, 0.1) is 25.9 Å². The van der Waals surface area contributed by atoms with Gasteiger partial charge in [0, 0.05) is 54.5 Å².